The lowest BCUT2D eigenvalue weighted by molar-refractivity contribution is -0.147. The van der Waals surface area contributed by atoms with Gasteiger partial charge in [0.2, 0.25) is 17.7 Å². The number of carbonyl (C=O) groups excluding carboxylic acids is 3. The first-order chi connectivity index (χ1) is 16.0. The van der Waals surface area contributed by atoms with Gasteiger partial charge in [-0.2, -0.15) is 0 Å². The van der Waals surface area contributed by atoms with E-state index in [9.17, 15) is 24.0 Å². The molecule has 0 spiro atoms. The van der Waals surface area contributed by atoms with Crippen LogP contribution in [0.5, 0.6) is 0 Å². The molecule has 1 heterocycles. The van der Waals surface area contributed by atoms with Crippen LogP contribution in [0.2, 0.25) is 0 Å². The summed E-state index contributed by atoms with van der Waals surface area (Å²) in [5, 5.41) is 25.6. The summed E-state index contributed by atoms with van der Waals surface area (Å²) in [6.45, 7) is 2.80. The average molecular weight is 476 g/mol. The second kappa shape index (κ2) is 11.8. The summed E-state index contributed by atoms with van der Waals surface area (Å²) in [5.74, 6) is -5.35. The van der Waals surface area contributed by atoms with E-state index in [1.165, 1.54) is 0 Å². The topological polar surface area (TPSA) is 204 Å². The zero-order valence-corrected chi connectivity index (χ0v) is 18.8. The number of nitrogens with two attached hydrogens (primary N) is 1. The normalized spacial score (nSPS) is 13.6. The van der Waals surface area contributed by atoms with Crippen LogP contribution in [0, 0.1) is 5.92 Å². The molecule has 3 unspecified atom stereocenters. The summed E-state index contributed by atoms with van der Waals surface area (Å²) in [6, 6.07) is 4.01. The molecular weight excluding hydrogens is 446 g/mol. The summed E-state index contributed by atoms with van der Waals surface area (Å²) in [4.78, 5) is 62.1. The fourth-order valence-corrected chi connectivity index (χ4v) is 3.32. The maximum absolute atomic E-state index is 12.7. The highest BCUT2D eigenvalue weighted by molar-refractivity contribution is 5.93. The number of hydrogen-bond donors (Lipinski definition) is 7. The van der Waals surface area contributed by atoms with Gasteiger partial charge in [0.05, 0.1) is 19.0 Å². The maximum Gasteiger partial charge on any atom is 0.326 e. The third-order valence-electron chi connectivity index (χ3n) is 5.13. The van der Waals surface area contributed by atoms with Crippen molar-refractivity contribution in [1.82, 2.24) is 20.9 Å². The lowest BCUT2D eigenvalue weighted by Gasteiger charge is -2.23. The smallest absolute Gasteiger partial charge is 0.326 e. The first-order valence-corrected chi connectivity index (χ1v) is 10.6. The molecule has 8 N–H and O–H groups in total. The predicted molar refractivity (Wildman–Crippen MR) is 122 cm³/mol. The van der Waals surface area contributed by atoms with Crippen molar-refractivity contribution < 1.29 is 34.2 Å². The number of amides is 3. The van der Waals surface area contributed by atoms with Crippen LogP contribution >= 0.6 is 0 Å². The van der Waals surface area contributed by atoms with Gasteiger partial charge in [0.15, 0.2) is 0 Å². The second-order valence-electron chi connectivity index (χ2n) is 8.17. The minimum atomic E-state index is -1.63. The van der Waals surface area contributed by atoms with Gasteiger partial charge in [-0.05, 0) is 24.0 Å². The molecule has 0 saturated carbocycles. The van der Waals surface area contributed by atoms with Crippen molar-refractivity contribution in [2.45, 2.75) is 44.8 Å². The molecule has 0 aliphatic carbocycles. The van der Waals surface area contributed by atoms with Crippen molar-refractivity contribution in [1.29, 1.82) is 0 Å². The Morgan fingerprint density at radius 1 is 1.03 bits per heavy atom. The Morgan fingerprint density at radius 3 is 2.32 bits per heavy atom. The van der Waals surface area contributed by atoms with E-state index in [0.717, 1.165) is 16.5 Å². The van der Waals surface area contributed by atoms with Gasteiger partial charge in [-0.15, -0.1) is 0 Å². The molecular formula is C22H29N5O7. The Morgan fingerprint density at radius 2 is 1.71 bits per heavy atom. The molecule has 1 aromatic heterocycles. The lowest BCUT2D eigenvalue weighted by Crippen LogP contribution is -2.55. The highest BCUT2D eigenvalue weighted by atomic mass is 16.4. The third kappa shape index (κ3) is 7.30. The first-order valence-electron chi connectivity index (χ1n) is 10.6. The van der Waals surface area contributed by atoms with Crippen molar-refractivity contribution in [3.8, 4) is 0 Å². The van der Waals surface area contributed by atoms with E-state index >= 15 is 0 Å². The Balaban J connectivity index is 1.93. The molecule has 0 aliphatic rings. The Kier molecular flexibility index (Phi) is 9.13. The number of rotatable bonds is 12. The molecule has 2 rings (SSSR count). The number of hydrogen-bond acceptors (Lipinski definition) is 6. The molecule has 12 nitrogen and oxygen atoms in total. The van der Waals surface area contributed by atoms with Gasteiger partial charge in [0, 0.05) is 17.1 Å². The van der Waals surface area contributed by atoms with Crippen LogP contribution in [0.4, 0.5) is 0 Å². The van der Waals surface area contributed by atoms with Gasteiger partial charge in [0.25, 0.3) is 0 Å². The number of aromatic amines is 1. The molecule has 0 fully saturated rings. The van der Waals surface area contributed by atoms with Crippen LogP contribution in [0.3, 0.4) is 0 Å². The first kappa shape index (κ1) is 26.3. The average Bonchev–Trinajstić information content (AvgIpc) is 3.17. The number of aliphatic carboxylic acids is 2. The molecule has 0 bridgehead atoms. The fourth-order valence-electron chi connectivity index (χ4n) is 3.32. The molecule has 0 radical (unpaired) electrons. The van der Waals surface area contributed by atoms with Crippen molar-refractivity contribution >= 4 is 40.6 Å². The minimum absolute atomic E-state index is 0.241. The number of carbonyl (C=O) groups is 5. The zero-order valence-electron chi connectivity index (χ0n) is 18.8. The van der Waals surface area contributed by atoms with E-state index in [1.807, 2.05) is 29.6 Å². The molecule has 1 aromatic carbocycles. The van der Waals surface area contributed by atoms with E-state index in [-0.39, 0.29) is 12.3 Å². The molecule has 34 heavy (non-hydrogen) atoms. The number of benzene rings is 1. The van der Waals surface area contributed by atoms with E-state index in [2.05, 4.69) is 15.6 Å². The van der Waals surface area contributed by atoms with E-state index in [0.29, 0.717) is 0 Å². The number of carboxylic acids is 2. The van der Waals surface area contributed by atoms with Crippen molar-refractivity contribution in [2.75, 3.05) is 6.54 Å². The van der Waals surface area contributed by atoms with Crippen molar-refractivity contribution in [3.63, 3.8) is 0 Å². The van der Waals surface area contributed by atoms with Crippen molar-refractivity contribution in [2.24, 2.45) is 11.7 Å². The zero-order chi connectivity index (χ0) is 25.4. The van der Waals surface area contributed by atoms with E-state index in [1.54, 1.807) is 20.0 Å². The van der Waals surface area contributed by atoms with Gasteiger partial charge in [-0.1, -0.05) is 32.0 Å². The Bertz CT molecular complexity index is 1060. The van der Waals surface area contributed by atoms with Crippen LogP contribution in [0.1, 0.15) is 25.8 Å². The standard InChI is InChI=1S/C22H29N5O7/c1-11(2)19(21(32)25-10-17(28)26-16(22(33)34)8-18(29)30)27-20(31)14(23)7-12-9-24-15-6-4-3-5-13(12)15/h3-6,9,11,14,16,19,24H,7-8,10,23H2,1-2H3,(H,25,32)(H,26,28)(H,27,31)(H,29,30)(H,33,34). The number of para-hydroxylation sites is 1. The maximum atomic E-state index is 12.7. The summed E-state index contributed by atoms with van der Waals surface area (Å²) < 4.78 is 0. The number of carboxylic acid groups (broad SMARTS) is 2. The van der Waals surface area contributed by atoms with Gasteiger partial charge in [0.1, 0.15) is 12.1 Å². The number of H-pyrrole nitrogens is 1. The predicted octanol–water partition coefficient (Wildman–Crippen LogP) is -0.661. The van der Waals surface area contributed by atoms with Gasteiger partial charge >= 0.3 is 11.9 Å². The van der Waals surface area contributed by atoms with Gasteiger partial charge in [-0.25, -0.2) is 4.79 Å². The fraction of sp³-hybridized carbons (Fsp3) is 0.409. The Labute approximate surface area is 195 Å². The Hall–Kier alpha value is -3.93. The van der Waals surface area contributed by atoms with Crippen LogP contribution in [-0.2, 0) is 30.4 Å². The van der Waals surface area contributed by atoms with Crippen LogP contribution in [-0.4, -0.2) is 69.5 Å². The molecule has 0 saturated heterocycles. The molecule has 3 atom stereocenters. The largest absolute Gasteiger partial charge is 0.481 e. The highest BCUT2D eigenvalue weighted by Crippen LogP contribution is 2.18. The van der Waals surface area contributed by atoms with Crippen molar-refractivity contribution in [3.05, 3.63) is 36.0 Å². The second-order valence-corrected chi connectivity index (χ2v) is 8.17. The van der Waals surface area contributed by atoms with Gasteiger partial charge < -0.3 is 36.9 Å². The summed E-state index contributed by atoms with van der Waals surface area (Å²) in [6.07, 6.45) is 1.21. The number of aromatic nitrogens is 1. The van der Waals surface area contributed by atoms with E-state index in [4.69, 9.17) is 15.9 Å². The lowest BCUT2D eigenvalue weighted by atomic mass is 10.0. The third-order valence-corrected chi connectivity index (χ3v) is 5.13. The van der Waals surface area contributed by atoms with Crippen LogP contribution < -0.4 is 21.7 Å². The summed E-state index contributed by atoms with van der Waals surface area (Å²) >= 11 is 0. The SMILES string of the molecule is CC(C)C(NC(=O)C(N)Cc1c[nH]c2ccccc12)C(=O)NCC(=O)NC(CC(=O)O)C(=O)O. The summed E-state index contributed by atoms with van der Waals surface area (Å²) in [7, 11) is 0. The quantitative estimate of drug-likeness (QED) is 0.209. The van der Waals surface area contributed by atoms with Crippen LogP contribution in [0.15, 0.2) is 30.5 Å². The molecule has 3 amide bonds. The van der Waals surface area contributed by atoms with Crippen LogP contribution in [0.25, 0.3) is 10.9 Å². The molecule has 184 valence electrons. The molecule has 0 aliphatic heterocycles. The van der Waals surface area contributed by atoms with Gasteiger partial charge in [-0.3, -0.25) is 19.2 Å². The van der Waals surface area contributed by atoms with E-state index < -0.39 is 60.8 Å². The molecule has 12 heteroatoms. The number of fused-ring (bicyclic) bond motifs is 1. The minimum Gasteiger partial charge on any atom is -0.481 e. The highest BCUT2D eigenvalue weighted by Gasteiger charge is 2.28. The number of nitrogens with one attached hydrogen (secondary N) is 4. The monoisotopic (exact) mass is 475 g/mol. The molecule has 2 aromatic rings. The summed E-state index contributed by atoms with van der Waals surface area (Å²) in [5.41, 5.74) is 7.84.